The standard InChI is InChI=1S/C57H38N4/c1-4-17-39(18-5-1)41-31-33-43(34-32-41)55-58-56(60-57(59-55)51-28-11-10-25-47(51)42-21-8-3-9-22-42)46-35-36-48(45-24-16-23-44(37-45)40-19-6-2-7-20-40)54(38-46)61-52-29-14-12-26-49(52)50-27-13-15-30-53(50)61/h1-38H. The number of para-hydroxylation sites is 2. The van der Waals surface area contributed by atoms with Crippen LogP contribution in [0.2, 0.25) is 0 Å². The van der Waals surface area contributed by atoms with Gasteiger partial charge in [-0.05, 0) is 63.2 Å². The van der Waals surface area contributed by atoms with E-state index in [2.05, 4.69) is 223 Å². The molecule has 0 aliphatic carbocycles. The molecule has 4 heteroatoms. The lowest BCUT2D eigenvalue weighted by Crippen LogP contribution is -2.03. The van der Waals surface area contributed by atoms with Crippen molar-refractivity contribution in [3.63, 3.8) is 0 Å². The zero-order valence-electron chi connectivity index (χ0n) is 33.2. The maximum atomic E-state index is 5.32. The second-order valence-electron chi connectivity index (χ2n) is 15.2. The number of aromatic nitrogens is 4. The summed E-state index contributed by atoms with van der Waals surface area (Å²) in [4.78, 5) is 15.8. The molecule has 0 saturated carbocycles. The second-order valence-corrected chi connectivity index (χ2v) is 15.2. The largest absolute Gasteiger partial charge is 0.309 e. The molecule has 0 bridgehead atoms. The van der Waals surface area contributed by atoms with Crippen molar-refractivity contribution in [2.75, 3.05) is 0 Å². The number of benzene rings is 9. The Morgan fingerprint density at radius 3 is 1.34 bits per heavy atom. The first kappa shape index (κ1) is 35.9. The van der Waals surface area contributed by atoms with Gasteiger partial charge >= 0.3 is 0 Å². The SMILES string of the molecule is c1ccc(-c2ccc(-c3nc(-c4ccc(-c5cccc(-c6ccccc6)c5)c(-n5c6ccccc6c6ccccc65)c4)nc(-c4ccccc4-c4ccccc4)n3)cc2)cc1. The molecular formula is C57H38N4. The van der Waals surface area contributed by atoms with E-state index in [0.717, 1.165) is 72.4 Å². The van der Waals surface area contributed by atoms with Gasteiger partial charge in [-0.2, -0.15) is 0 Å². The maximum absolute atomic E-state index is 5.32. The third-order valence-electron chi connectivity index (χ3n) is 11.5. The number of hydrogen-bond acceptors (Lipinski definition) is 3. The van der Waals surface area contributed by atoms with Gasteiger partial charge < -0.3 is 4.57 Å². The molecule has 0 unspecified atom stereocenters. The van der Waals surface area contributed by atoms with Crippen LogP contribution in [0.1, 0.15) is 0 Å². The van der Waals surface area contributed by atoms with E-state index in [-0.39, 0.29) is 0 Å². The van der Waals surface area contributed by atoms with E-state index >= 15 is 0 Å². The van der Waals surface area contributed by atoms with Gasteiger partial charge in [0.05, 0.1) is 16.7 Å². The predicted molar refractivity (Wildman–Crippen MR) is 252 cm³/mol. The van der Waals surface area contributed by atoms with Gasteiger partial charge in [0.25, 0.3) is 0 Å². The van der Waals surface area contributed by atoms with E-state index in [4.69, 9.17) is 15.0 Å². The summed E-state index contributed by atoms with van der Waals surface area (Å²) in [6, 6.07) is 81.1. The van der Waals surface area contributed by atoms with Gasteiger partial charge in [0, 0.05) is 33.0 Å². The van der Waals surface area contributed by atoms with Crippen molar-refractivity contribution >= 4 is 21.8 Å². The summed E-state index contributed by atoms with van der Waals surface area (Å²) in [7, 11) is 0. The van der Waals surface area contributed by atoms with Crippen LogP contribution < -0.4 is 0 Å². The molecule has 2 heterocycles. The van der Waals surface area contributed by atoms with Crippen molar-refractivity contribution in [2.24, 2.45) is 0 Å². The molecule has 0 N–H and O–H groups in total. The molecule has 11 rings (SSSR count). The Morgan fingerprint density at radius 1 is 0.246 bits per heavy atom. The fraction of sp³-hybridized carbons (Fsp3) is 0. The van der Waals surface area contributed by atoms with E-state index in [0.29, 0.717) is 17.5 Å². The van der Waals surface area contributed by atoms with Crippen molar-refractivity contribution in [3.8, 4) is 84.4 Å². The Hall–Kier alpha value is -8.21. The van der Waals surface area contributed by atoms with Crippen LogP contribution in [0.4, 0.5) is 0 Å². The highest BCUT2D eigenvalue weighted by Gasteiger charge is 2.20. The van der Waals surface area contributed by atoms with Gasteiger partial charge in [-0.15, -0.1) is 0 Å². The van der Waals surface area contributed by atoms with Gasteiger partial charge in [0.1, 0.15) is 0 Å². The lowest BCUT2D eigenvalue weighted by Gasteiger charge is -2.17. The second kappa shape index (κ2) is 15.5. The minimum absolute atomic E-state index is 0.599. The maximum Gasteiger partial charge on any atom is 0.164 e. The smallest absolute Gasteiger partial charge is 0.164 e. The molecule has 0 aliphatic heterocycles. The molecular weight excluding hydrogens is 741 g/mol. The Balaban J connectivity index is 1.14. The van der Waals surface area contributed by atoms with Crippen LogP contribution in [0.3, 0.4) is 0 Å². The summed E-state index contributed by atoms with van der Waals surface area (Å²) >= 11 is 0. The first-order chi connectivity index (χ1) is 30.2. The van der Waals surface area contributed by atoms with Crippen molar-refractivity contribution in [1.29, 1.82) is 0 Å². The number of rotatable bonds is 8. The molecule has 0 fully saturated rings. The Bertz CT molecular complexity index is 3280. The summed E-state index contributed by atoms with van der Waals surface area (Å²) in [5.74, 6) is 1.83. The van der Waals surface area contributed by atoms with Crippen molar-refractivity contribution in [1.82, 2.24) is 19.5 Å². The number of hydrogen-bond donors (Lipinski definition) is 0. The van der Waals surface area contributed by atoms with Gasteiger partial charge in [-0.1, -0.05) is 206 Å². The first-order valence-corrected chi connectivity index (χ1v) is 20.6. The molecule has 0 aliphatic rings. The van der Waals surface area contributed by atoms with Gasteiger partial charge in [0.2, 0.25) is 0 Å². The summed E-state index contributed by atoms with van der Waals surface area (Å²) in [6.07, 6.45) is 0. The van der Waals surface area contributed by atoms with Gasteiger partial charge in [-0.25, -0.2) is 15.0 Å². The summed E-state index contributed by atoms with van der Waals surface area (Å²) in [5.41, 5.74) is 15.1. The topological polar surface area (TPSA) is 43.6 Å². The van der Waals surface area contributed by atoms with Crippen molar-refractivity contribution in [3.05, 3.63) is 231 Å². The van der Waals surface area contributed by atoms with Crippen molar-refractivity contribution < 1.29 is 0 Å². The molecule has 0 amide bonds. The van der Waals surface area contributed by atoms with E-state index in [1.54, 1.807) is 0 Å². The Kier molecular flexibility index (Phi) is 9.14. The number of nitrogens with zero attached hydrogens (tertiary/aromatic N) is 4. The lowest BCUT2D eigenvalue weighted by atomic mass is 9.96. The highest BCUT2D eigenvalue weighted by molar-refractivity contribution is 6.10. The van der Waals surface area contributed by atoms with Gasteiger partial charge in [-0.3, -0.25) is 0 Å². The lowest BCUT2D eigenvalue weighted by molar-refractivity contribution is 1.07. The molecule has 0 atom stereocenters. The van der Waals surface area contributed by atoms with Crippen LogP contribution in [-0.2, 0) is 0 Å². The van der Waals surface area contributed by atoms with Crippen LogP contribution in [-0.4, -0.2) is 19.5 Å². The van der Waals surface area contributed by atoms with Crippen LogP contribution in [0.15, 0.2) is 231 Å². The van der Waals surface area contributed by atoms with Crippen molar-refractivity contribution in [2.45, 2.75) is 0 Å². The normalized spacial score (nSPS) is 11.3. The van der Waals surface area contributed by atoms with Crippen LogP contribution in [0.25, 0.3) is 106 Å². The highest BCUT2D eigenvalue weighted by atomic mass is 15.0. The molecule has 9 aromatic carbocycles. The molecule has 61 heavy (non-hydrogen) atoms. The quantitative estimate of drug-likeness (QED) is 0.154. The summed E-state index contributed by atoms with van der Waals surface area (Å²) in [5, 5.41) is 2.40. The van der Waals surface area contributed by atoms with E-state index in [9.17, 15) is 0 Å². The summed E-state index contributed by atoms with van der Waals surface area (Å²) < 4.78 is 2.40. The predicted octanol–water partition coefficient (Wildman–Crippen LogP) is 14.6. The molecule has 286 valence electrons. The third kappa shape index (κ3) is 6.76. The highest BCUT2D eigenvalue weighted by Crippen LogP contribution is 2.40. The number of fused-ring (bicyclic) bond motifs is 3. The molecule has 0 spiro atoms. The first-order valence-electron chi connectivity index (χ1n) is 20.6. The Morgan fingerprint density at radius 2 is 0.689 bits per heavy atom. The van der Waals surface area contributed by atoms with E-state index in [1.807, 2.05) is 12.1 Å². The summed E-state index contributed by atoms with van der Waals surface area (Å²) in [6.45, 7) is 0. The molecule has 0 radical (unpaired) electrons. The average Bonchev–Trinajstić information content (AvgIpc) is 3.69. The molecule has 4 nitrogen and oxygen atoms in total. The average molecular weight is 779 g/mol. The molecule has 2 aromatic heterocycles. The Labute approximate surface area is 354 Å². The van der Waals surface area contributed by atoms with Gasteiger partial charge in [0.15, 0.2) is 17.5 Å². The zero-order valence-corrected chi connectivity index (χ0v) is 33.2. The molecule has 0 saturated heterocycles. The third-order valence-corrected chi connectivity index (χ3v) is 11.5. The molecule has 11 aromatic rings. The monoisotopic (exact) mass is 778 g/mol. The van der Waals surface area contributed by atoms with E-state index in [1.165, 1.54) is 16.3 Å². The van der Waals surface area contributed by atoms with Crippen LogP contribution >= 0.6 is 0 Å². The fourth-order valence-corrected chi connectivity index (χ4v) is 8.52. The minimum Gasteiger partial charge on any atom is -0.309 e. The van der Waals surface area contributed by atoms with Crippen LogP contribution in [0.5, 0.6) is 0 Å². The van der Waals surface area contributed by atoms with Crippen LogP contribution in [0, 0.1) is 0 Å². The zero-order chi connectivity index (χ0) is 40.5. The van der Waals surface area contributed by atoms with E-state index < -0.39 is 0 Å². The fourth-order valence-electron chi connectivity index (χ4n) is 8.52. The minimum atomic E-state index is 0.599.